The van der Waals surface area contributed by atoms with Crippen LogP contribution in [-0.2, 0) is 12.5 Å². The van der Waals surface area contributed by atoms with Crippen LogP contribution in [0.25, 0.3) is 0 Å². The van der Waals surface area contributed by atoms with Crippen molar-refractivity contribution in [3.63, 3.8) is 0 Å². The van der Waals surface area contributed by atoms with Crippen molar-refractivity contribution in [2.45, 2.75) is 39.2 Å². The van der Waals surface area contributed by atoms with E-state index in [1.54, 1.807) is 0 Å². The summed E-state index contributed by atoms with van der Waals surface area (Å²) >= 11 is 0. The highest BCUT2D eigenvalue weighted by atomic mass is 15.1. The molecule has 2 aromatic rings. The molecule has 3 nitrogen and oxygen atoms in total. The molecule has 0 aliphatic heterocycles. The number of imidazole rings is 1. The Balaban J connectivity index is 2.10. The van der Waals surface area contributed by atoms with E-state index >= 15 is 0 Å². The minimum absolute atomic E-state index is 0.195. The summed E-state index contributed by atoms with van der Waals surface area (Å²) in [6.45, 7) is 8.81. The summed E-state index contributed by atoms with van der Waals surface area (Å²) in [4.78, 5) is 4.37. The van der Waals surface area contributed by atoms with Crippen molar-refractivity contribution >= 4 is 5.69 Å². The molecule has 1 N–H and O–H groups in total. The maximum atomic E-state index is 4.37. The Morgan fingerprint density at radius 2 is 1.79 bits per heavy atom. The monoisotopic (exact) mass is 257 g/mol. The second-order valence-corrected chi connectivity index (χ2v) is 6.09. The first-order valence-corrected chi connectivity index (χ1v) is 6.72. The minimum atomic E-state index is 0.195. The molecule has 19 heavy (non-hydrogen) atoms. The fraction of sp³-hybridized carbons (Fsp3) is 0.438. The van der Waals surface area contributed by atoms with Crippen LogP contribution >= 0.6 is 0 Å². The van der Waals surface area contributed by atoms with E-state index in [0.717, 1.165) is 11.5 Å². The van der Waals surface area contributed by atoms with E-state index in [4.69, 9.17) is 0 Å². The van der Waals surface area contributed by atoms with Crippen LogP contribution < -0.4 is 5.32 Å². The van der Waals surface area contributed by atoms with Crippen molar-refractivity contribution < 1.29 is 0 Å². The molecule has 0 spiro atoms. The molecule has 2 rings (SSSR count). The zero-order valence-electron chi connectivity index (χ0n) is 12.4. The molecular formula is C16H23N3. The van der Waals surface area contributed by atoms with Gasteiger partial charge in [-0.15, -0.1) is 0 Å². The van der Waals surface area contributed by atoms with Crippen LogP contribution in [0.3, 0.4) is 0 Å². The average molecular weight is 257 g/mol. The van der Waals surface area contributed by atoms with Gasteiger partial charge in [-0.05, 0) is 30.0 Å². The van der Waals surface area contributed by atoms with E-state index in [9.17, 15) is 0 Å². The normalized spacial score (nSPS) is 13.3. The summed E-state index contributed by atoms with van der Waals surface area (Å²) in [6, 6.07) is 8.85. The van der Waals surface area contributed by atoms with Gasteiger partial charge in [0.2, 0.25) is 0 Å². The van der Waals surface area contributed by atoms with Gasteiger partial charge in [-0.25, -0.2) is 4.98 Å². The number of benzene rings is 1. The lowest BCUT2D eigenvalue weighted by atomic mass is 9.87. The third-order valence-electron chi connectivity index (χ3n) is 3.38. The highest BCUT2D eigenvalue weighted by Crippen LogP contribution is 2.25. The van der Waals surface area contributed by atoms with Gasteiger partial charge in [-0.1, -0.05) is 32.9 Å². The largest absolute Gasteiger partial charge is 0.375 e. The molecule has 1 heterocycles. The fourth-order valence-electron chi connectivity index (χ4n) is 2.18. The first-order valence-electron chi connectivity index (χ1n) is 6.72. The maximum Gasteiger partial charge on any atom is 0.130 e. The Bertz CT molecular complexity index is 532. The molecule has 1 atom stereocenters. The molecule has 0 saturated carbocycles. The molecule has 0 radical (unpaired) electrons. The van der Waals surface area contributed by atoms with Gasteiger partial charge in [0.25, 0.3) is 0 Å². The number of hydrogen-bond acceptors (Lipinski definition) is 2. The molecule has 0 saturated heterocycles. The van der Waals surface area contributed by atoms with Crippen molar-refractivity contribution in [2.24, 2.45) is 7.05 Å². The summed E-state index contributed by atoms with van der Waals surface area (Å²) in [5, 5.41) is 3.48. The summed E-state index contributed by atoms with van der Waals surface area (Å²) in [6.07, 6.45) is 3.80. The van der Waals surface area contributed by atoms with E-state index in [0.29, 0.717) is 0 Å². The molecule has 1 aromatic heterocycles. The van der Waals surface area contributed by atoms with E-state index in [1.165, 1.54) is 5.56 Å². The highest BCUT2D eigenvalue weighted by molar-refractivity contribution is 5.46. The molecule has 1 unspecified atom stereocenters. The topological polar surface area (TPSA) is 29.9 Å². The van der Waals surface area contributed by atoms with Crippen LogP contribution in [0.15, 0.2) is 36.7 Å². The SMILES string of the molecule is CC(Nc1ccc(C(C)(C)C)cc1)c1nccn1C. The summed E-state index contributed by atoms with van der Waals surface area (Å²) in [5.41, 5.74) is 2.68. The first kappa shape index (κ1) is 13.7. The zero-order valence-corrected chi connectivity index (χ0v) is 12.4. The van der Waals surface area contributed by atoms with Crippen molar-refractivity contribution in [3.8, 4) is 0 Å². The second kappa shape index (κ2) is 5.08. The van der Waals surface area contributed by atoms with Crippen molar-refractivity contribution in [2.75, 3.05) is 5.32 Å². The molecular weight excluding hydrogens is 234 g/mol. The summed E-state index contributed by atoms with van der Waals surface area (Å²) in [5.74, 6) is 1.04. The van der Waals surface area contributed by atoms with Crippen LogP contribution in [0.4, 0.5) is 5.69 Å². The molecule has 1 aromatic carbocycles. The smallest absolute Gasteiger partial charge is 0.130 e. The van der Waals surface area contributed by atoms with Gasteiger partial charge in [0.15, 0.2) is 0 Å². The van der Waals surface area contributed by atoms with Crippen molar-refractivity contribution in [1.82, 2.24) is 9.55 Å². The lowest BCUT2D eigenvalue weighted by molar-refractivity contribution is 0.590. The van der Waals surface area contributed by atoms with Gasteiger partial charge in [0, 0.05) is 25.1 Å². The molecule has 3 heteroatoms. The van der Waals surface area contributed by atoms with Crippen molar-refractivity contribution in [1.29, 1.82) is 0 Å². The van der Waals surface area contributed by atoms with Crippen LogP contribution in [0.5, 0.6) is 0 Å². The van der Waals surface area contributed by atoms with Gasteiger partial charge in [0.1, 0.15) is 5.82 Å². The Morgan fingerprint density at radius 1 is 1.16 bits per heavy atom. The number of hydrogen-bond donors (Lipinski definition) is 1. The molecule has 0 aliphatic rings. The van der Waals surface area contributed by atoms with Gasteiger partial charge in [0.05, 0.1) is 6.04 Å². The number of aryl methyl sites for hydroxylation is 1. The Morgan fingerprint density at radius 3 is 2.26 bits per heavy atom. The van der Waals surface area contributed by atoms with E-state index < -0.39 is 0 Å². The van der Waals surface area contributed by atoms with Gasteiger partial charge in [-0.3, -0.25) is 0 Å². The molecule has 0 amide bonds. The third-order valence-corrected chi connectivity index (χ3v) is 3.38. The molecule has 0 aliphatic carbocycles. The fourth-order valence-corrected chi connectivity index (χ4v) is 2.18. The van der Waals surface area contributed by atoms with E-state index in [2.05, 4.69) is 62.3 Å². The Labute approximate surface area is 115 Å². The minimum Gasteiger partial charge on any atom is -0.375 e. The number of aromatic nitrogens is 2. The molecule has 0 fully saturated rings. The predicted octanol–water partition coefficient (Wildman–Crippen LogP) is 3.89. The zero-order chi connectivity index (χ0) is 14.0. The lowest BCUT2D eigenvalue weighted by Crippen LogP contribution is -2.13. The third kappa shape index (κ3) is 3.16. The van der Waals surface area contributed by atoms with Crippen LogP contribution in [-0.4, -0.2) is 9.55 Å². The van der Waals surface area contributed by atoms with Crippen LogP contribution in [0, 0.1) is 0 Å². The first-order chi connectivity index (χ1) is 8.88. The molecule has 102 valence electrons. The number of rotatable bonds is 3. The number of nitrogens with zero attached hydrogens (tertiary/aromatic N) is 2. The van der Waals surface area contributed by atoms with Crippen molar-refractivity contribution in [3.05, 3.63) is 48.0 Å². The van der Waals surface area contributed by atoms with Crippen LogP contribution in [0.1, 0.15) is 45.1 Å². The predicted molar refractivity (Wildman–Crippen MR) is 80.4 cm³/mol. The maximum absolute atomic E-state index is 4.37. The average Bonchev–Trinajstić information content (AvgIpc) is 2.75. The highest BCUT2D eigenvalue weighted by Gasteiger charge is 2.14. The van der Waals surface area contributed by atoms with Gasteiger partial charge >= 0.3 is 0 Å². The standard InChI is InChI=1S/C16H23N3/c1-12(15-17-10-11-19(15)5)18-14-8-6-13(7-9-14)16(2,3)4/h6-12,18H,1-5H3. The van der Waals surface area contributed by atoms with E-state index in [-0.39, 0.29) is 11.5 Å². The lowest BCUT2D eigenvalue weighted by Gasteiger charge is -2.20. The van der Waals surface area contributed by atoms with E-state index in [1.807, 2.05) is 24.0 Å². The van der Waals surface area contributed by atoms with Crippen LogP contribution in [0.2, 0.25) is 0 Å². The van der Waals surface area contributed by atoms with Gasteiger partial charge in [-0.2, -0.15) is 0 Å². The number of nitrogens with one attached hydrogen (secondary N) is 1. The summed E-state index contributed by atoms with van der Waals surface area (Å²) < 4.78 is 2.04. The summed E-state index contributed by atoms with van der Waals surface area (Å²) in [7, 11) is 2.02. The van der Waals surface area contributed by atoms with Gasteiger partial charge < -0.3 is 9.88 Å². The molecule has 0 bridgehead atoms. The second-order valence-electron chi connectivity index (χ2n) is 6.09. The Kier molecular flexibility index (Phi) is 3.65. The quantitative estimate of drug-likeness (QED) is 0.904. The Hall–Kier alpha value is -1.77. The number of anilines is 1.